The van der Waals surface area contributed by atoms with Gasteiger partial charge in [-0.1, -0.05) is 25.5 Å². The second-order valence-corrected chi connectivity index (χ2v) is 21.6. The van der Waals surface area contributed by atoms with Gasteiger partial charge in [-0.3, -0.25) is 4.79 Å². The van der Waals surface area contributed by atoms with Crippen LogP contribution >= 0.6 is 0 Å². The molecule has 26 unspecified atom stereocenters. The fourth-order valence-corrected chi connectivity index (χ4v) is 14.2. The monoisotopic (exact) mass is 973 g/mol. The van der Waals surface area contributed by atoms with E-state index < -0.39 is 151 Å². The Kier molecular flexibility index (Phi) is 15.7. The van der Waals surface area contributed by atoms with E-state index in [9.17, 15) is 35.4 Å². The van der Waals surface area contributed by atoms with Crippen LogP contribution in [0.2, 0.25) is 0 Å². The topological polar surface area (TPSA) is 249 Å². The Morgan fingerprint density at radius 2 is 1.15 bits per heavy atom. The molecular weight excluding hydrogens is 893 g/mol. The molecule has 6 N–H and O–H groups in total. The first kappa shape index (κ1) is 53.0. The van der Waals surface area contributed by atoms with E-state index in [1.54, 1.807) is 35.2 Å². The van der Waals surface area contributed by atoms with Gasteiger partial charge < -0.3 is 87.5 Å². The molecule has 3 saturated carbocycles. The normalized spacial score (nSPS) is 54.0. The highest BCUT2D eigenvalue weighted by Crippen LogP contribution is 2.69. The Balaban J connectivity index is 0.853. The first-order valence-corrected chi connectivity index (χ1v) is 24.8. The number of Topliss-reactive ketones (excluding diaryl/α,β-unsaturated/α-hetero) is 1. The standard InChI is InChI=1S/C49H80O19/c1-22(50)29-14-17-49(56)47(29,7)44(54)38(53)43-46(6)15-13-28(18-27(46)12-16-48(43,49)55)65-33-19-30(57-8)39(24(3)61-33)66-34-20-31(58-9)40(25(4)62-34)67-35-21-32(59-10)41(26(5)63-35)68-45-37(52)42(60-11)36(51)23(2)64-45/h12,23-26,28-45,51-56H,13-21H2,1-11H3. The van der Waals surface area contributed by atoms with Gasteiger partial charge in [0.2, 0.25) is 0 Å². The van der Waals surface area contributed by atoms with Crippen molar-refractivity contribution in [1.29, 1.82) is 0 Å². The van der Waals surface area contributed by atoms with Gasteiger partial charge in [0, 0.05) is 65.0 Å². The molecule has 0 bridgehead atoms. The fourth-order valence-electron chi connectivity index (χ4n) is 14.2. The molecule has 4 saturated heterocycles. The zero-order valence-electron chi connectivity index (χ0n) is 41.6. The second kappa shape index (κ2) is 20.2. The maximum absolute atomic E-state index is 12.7. The predicted octanol–water partition coefficient (Wildman–Crippen LogP) is 1.80. The highest BCUT2D eigenvalue weighted by atomic mass is 16.8. The molecule has 8 aliphatic rings. The van der Waals surface area contributed by atoms with Gasteiger partial charge in [0.1, 0.15) is 53.6 Å². The zero-order chi connectivity index (χ0) is 49.4. The van der Waals surface area contributed by atoms with E-state index in [2.05, 4.69) is 0 Å². The molecule has 7 fully saturated rings. The number of fused-ring (bicyclic) bond motifs is 5. The number of ether oxygens (including phenoxy) is 12. The number of hydrogen-bond acceptors (Lipinski definition) is 19. The summed E-state index contributed by atoms with van der Waals surface area (Å²) in [6, 6.07) is 0. The van der Waals surface area contributed by atoms with E-state index in [1.165, 1.54) is 14.0 Å². The van der Waals surface area contributed by atoms with Crippen molar-refractivity contribution in [2.75, 3.05) is 28.4 Å². The van der Waals surface area contributed by atoms with Gasteiger partial charge in [-0.25, -0.2) is 0 Å². The third-order valence-electron chi connectivity index (χ3n) is 18.0. The molecular formula is C49H80O19. The molecule has 26 atom stereocenters. The lowest BCUT2D eigenvalue weighted by Crippen LogP contribution is -2.79. The SMILES string of the molecule is COC1CC(OC2CCC3(C)C(=CCC4(O)C3C(O)C(O)C3(C)C(C(C)=O)CCC43O)C2)OC(C)C1OC1CC(OC)C(OC2CC(OC)C(OC3OC(C)C(O)C(OC)C3O)C(C)O2)C(C)O1. The van der Waals surface area contributed by atoms with Crippen LogP contribution in [-0.4, -0.2) is 199 Å². The van der Waals surface area contributed by atoms with Gasteiger partial charge in [-0.2, -0.15) is 0 Å². The van der Waals surface area contributed by atoms with E-state index in [0.29, 0.717) is 44.9 Å². The first-order chi connectivity index (χ1) is 32.1. The smallest absolute Gasteiger partial charge is 0.187 e. The summed E-state index contributed by atoms with van der Waals surface area (Å²) in [6.45, 7) is 12.4. The Hall–Kier alpha value is -1.31. The summed E-state index contributed by atoms with van der Waals surface area (Å²) >= 11 is 0. The zero-order valence-corrected chi connectivity index (χ0v) is 41.6. The van der Waals surface area contributed by atoms with Gasteiger partial charge in [0.15, 0.2) is 25.2 Å². The van der Waals surface area contributed by atoms with Gasteiger partial charge in [0.05, 0.1) is 61.0 Å². The maximum Gasteiger partial charge on any atom is 0.187 e. The van der Waals surface area contributed by atoms with Crippen molar-refractivity contribution in [1.82, 2.24) is 0 Å². The van der Waals surface area contributed by atoms with Crippen LogP contribution in [0.4, 0.5) is 0 Å². The van der Waals surface area contributed by atoms with Crippen LogP contribution in [0.5, 0.6) is 0 Å². The molecule has 0 radical (unpaired) electrons. The number of carbonyl (C=O) groups is 1. The van der Waals surface area contributed by atoms with Crippen LogP contribution < -0.4 is 0 Å². The fraction of sp³-hybridized carbons (Fsp3) is 0.939. The molecule has 4 heterocycles. The summed E-state index contributed by atoms with van der Waals surface area (Å²) in [4.78, 5) is 12.7. The van der Waals surface area contributed by atoms with Crippen LogP contribution in [-0.2, 0) is 61.6 Å². The number of methoxy groups -OCH3 is 4. The van der Waals surface area contributed by atoms with Crippen molar-refractivity contribution in [2.24, 2.45) is 22.7 Å². The van der Waals surface area contributed by atoms with Gasteiger partial charge in [-0.05, 0) is 78.6 Å². The van der Waals surface area contributed by atoms with E-state index in [1.807, 2.05) is 33.8 Å². The van der Waals surface area contributed by atoms with Crippen LogP contribution in [0.3, 0.4) is 0 Å². The number of rotatable bonds is 13. The summed E-state index contributed by atoms with van der Waals surface area (Å²) in [6.07, 6.45) is -9.06. The third-order valence-corrected chi connectivity index (χ3v) is 18.0. The molecule has 4 aliphatic heterocycles. The Morgan fingerprint density at radius 1 is 0.632 bits per heavy atom. The minimum atomic E-state index is -1.77. The largest absolute Gasteiger partial charge is 0.390 e. The molecule has 0 amide bonds. The predicted molar refractivity (Wildman–Crippen MR) is 237 cm³/mol. The molecule has 8 rings (SSSR count). The average molecular weight is 973 g/mol. The molecule has 19 heteroatoms. The molecule has 19 nitrogen and oxygen atoms in total. The highest BCUT2D eigenvalue weighted by molar-refractivity contribution is 5.80. The summed E-state index contributed by atoms with van der Waals surface area (Å²) < 4.78 is 74.3. The van der Waals surface area contributed by atoms with Crippen LogP contribution in [0.25, 0.3) is 0 Å². The van der Waals surface area contributed by atoms with Gasteiger partial charge in [0.25, 0.3) is 0 Å². The lowest BCUT2D eigenvalue weighted by Gasteiger charge is -2.67. The molecule has 0 aromatic rings. The maximum atomic E-state index is 12.7. The van der Waals surface area contributed by atoms with Crippen molar-refractivity contribution in [3.63, 3.8) is 0 Å². The molecule has 0 aromatic carbocycles. The number of aliphatic hydroxyl groups is 6. The van der Waals surface area contributed by atoms with E-state index in [0.717, 1.165) is 5.57 Å². The minimum absolute atomic E-state index is 0.0836. The average Bonchev–Trinajstić information content (AvgIpc) is 3.59. The Labute approximate surface area is 400 Å². The van der Waals surface area contributed by atoms with E-state index in [4.69, 9.17) is 56.8 Å². The quantitative estimate of drug-likeness (QED) is 0.144. The van der Waals surface area contributed by atoms with Crippen molar-refractivity contribution in [3.05, 3.63) is 11.6 Å². The number of carbonyl (C=O) groups excluding carboxylic acids is 1. The Bertz CT molecular complexity index is 1790. The lowest BCUT2D eigenvalue weighted by molar-refractivity contribution is -0.356. The summed E-state index contributed by atoms with van der Waals surface area (Å²) in [5.41, 5.74) is -4.65. The third kappa shape index (κ3) is 8.80. The van der Waals surface area contributed by atoms with Crippen molar-refractivity contribution < 1.29 is 92.3 Å². The van der Waals surface area contributed by atoms with E-state index >= 15 is 0 Å². The first-order valence-electron chi connectivity index (χ1n) is 24.8. The second-order valence-electron chi connectivity index (χ2n) is 21.6. The van der Waals surface area contributed by atoms with Gasteiger partial charge in [-0.15, -0.1) is 0 Å². The van der Waals surface area contributed by atoms with E-state index in [-0.39, 0.29) is 24.7 Å². The summed E-state index contributed by atoms with van der Waals surface area (Å²) in [5.74, 6) is -1.71. The van der Waals surface area contributed by atoms with Crippen molar-refractivity contribution in [3.8, 4) is 0 Å². The van der Waals surface area contributed by atoms with Crippen LogP contribution in [0.1, 0.15) is 106 Å². The number of ketones is 1. The molecule has 390 valence electrons. The van der Waals surface area contributed by atoms with Crippen LogP contribution in [0.15, 0.2) is 11.6 Å². The van der Waals surface area contributed by atoms with Gasteiger partial charge >= 0.3 is 0 Å². The summed E-state index contributed by atoms with van der Waals surface area (Å²) in [5, 5.41) is 69.9. The van der Waals surface area contributed by atoms with Crippen LogP contribution in [0, 0.1) is 22.7 Å². The molecule has 0 spiro atoms. The molecule has 4 aliphatic carbocycles. The Morgan fingerprint density at radius 3 is 1.65 bits per heavy atom. The highest BCUT2D eigenvalue weighted by Gasteiger charge is 2.78. The summed E-state index contributed by atoms with van der Waals surface area (Å²) in [7, 11) is 6.24. The molecule has 68 heavy (non-hydrogen) atoms. The molecule has 0 aromatic heterocycles. The minimum Gasteiger partial charge on any atom is -0.390 e. The number of hydrogen-bond donors (Lipinski definition) is 6. The van der Waals surface area contributed by atoms with Crippen molar-refractivity contribution >= 4 is 5.78 Å². The lowest BCUT2D eigenvalue weighted by atomic mass is 9.42. The number of aliphatic hydroxyl groups excluding tert-OH is 4. The van der Waals surface area contributed by atoms with Crippen molar-refractivity contribution in [2.45, 2.75) is 240 Å².